The molecule has 3 aromatic rings. The van der Waals surface area contributed by atoms with Gasteiger partial charge in [0.05, 0.1) is 6.42 Å². The molecule has 0 bridgehead atoms. The molecule has 0 heterocycles. The Bertz CT molecular complexity index is 796. The van der Waals surface area contributed by atoms with E-state index in [1.54, 1.807) is 6.07 Å². The molecule has 104 valence electrons. The van der Waals surface area contributed by atoms with Crippen molar-refractivity contribution in [3.05, 3.63) is 78.1 Å². The van der Waals surface area contributed by atoms with Gasteiger partial charge in [-0.3, -0.25) is 4.79 Å². The summed E-state index contributed by atoms with van der Waals surface area (Å²) >= 11 is 0. The van der Waals surface area contributed by atoms with Crippen LogP contribution in [0.4, 0.5) is 4.39 Å². The predicted molar refractivity (Wildman–Crippen MR) is 79.7 cm³/mol. The van der Waals surface area contributed by atoms with Gasteiger partial charge < -0.3 is 4.74 Å². The number of esters is 1. The van der Waals surface area contributed by atoms with Crippen LogP contribution in [-0.2, 0) is 11.2 Å². The van der Waals surface area contributed by atoms with E-state index in [9.17, 15) is 9.18 Å². The van der Waals surface area contributed by atoms with Crippen LogP contribution >= 0.6 is 0 Å². The first-order chi connectivity index (χ1) is 10.2. The van der Waals surface area contributed by atoms with E-state index < -0.39 is 11.8 Å². The third-order valence-electron chi connectivity index (χ3n) is 3.19. The van der Waals surface area contributed by atoms with Gasteiger partial charge >= 0.3 is 5.97 Å². The molecule has 0 unspecified atom stereocenters. The molecule has 0 fully saturated rings. The van der Waals surface area contributed by atoms with Gasteiger partial charge in [0, 0.05) is 6.07 Å². The van der Waals surface area contributed by atoms with Crippen molar-refractivity contribution in [2.45, 2.75) is 6.42 Å². The molecule has 0 aromatic heterocycles. The highest BCUT2D eigenvalue weighted by Crippen LogP contribution is 2.17. The molecule has 0 saturated heterocycles. The Morgan fingerprint density at radius 1 is 0.905 bits per heavy atom. The van der Waals surface area contributed by atoms with E-state index in [0.29, 0.717) is 0 Å². The van der Waals surface area contributed by atoms with E-state index in [0.717, 1.165) is 16.3 Å². The van der Waals surface area contributed by atoms with Gasteiger partial charge in [0.1, 0.15) is 11.6 Å². The Hall–Kier alpha value is -2.68. The van der Waals surface area contributed by atoms with Crippen LogP contribution in [-0.4, -0.2) is 5.97 Å². The number of fused-ring (bicyclic) bond motifs is 1. The Morgan fingerprint density at radius 2 is 1.71 bits per heavy atom. The molecule has 3 heteroatoms. The number of ether oxygens (including phenoxy) is 1. The Labute approximate surface area is 121 Å². The second-order valence-electron chi connectivity index (χ2n) is 4.79. The molecule has 0 aliphatic rings. The molecule has 2 nitrogen and oxygen atoms in total. The Morgan fingerprint density at radius 3 is 2.52 bits per heavy atom. The van der Waals surface area contributed by atoms with E-state index in [1.807, 2.05) is 42.5 Å². The minimum atomic E-state index is -0.425. The van der Waals surface area contributed by atoms with Crippen LogP contribution in [0.1, 0.15) is 5.56 Å². The molecule has 0 spiro atoms. The minimum absolute atomic E-state index is 0.154. The molecule has 0 atom stereocenters. The average Bonchev–Trinajstić information content (AvgIpc) is 2.47. The van der Waals surface area contributed by atoms with Crippen LogP contribution in [0.5, 0.6) is 5.75 Å². The van der Waals surface area contributed by atoms with Gasteiger partial charge in [0.15, 0.2) is 0 Å². The zero-order valence-electron chi connectivity index (χ0n) is 11.3. The van der Waals surface area contributed by atoms with E-state index >= 15 is 0 Å². The summed E-state index contributed by atoms with van der Waals surface area (Å²) in [5, 5.41) is 2.20. The number of carbonyl (C=O) groups is 1. The van der Waals surface area contributed by atoms with Crippen molar-refractivity contribution in [1.82, 2.24) is 0 Å². The lowest BCUT2D eigenvalue weighted by atomic mass is 10.1. The quantitative estimate of drug-likeness (QED) is 0.532. The monoisotopic (exact) mass is 280 g/mol. The van der Waals surface area contributed by atoms with Crippen molar-refractivity contribution in [2.24, 2.45) is 0 Å². The number of carbonyl (C=O) groups excluding carboxylic acids is 1. The zero-order valence-corrected chi connectivity index (χ0v) is 11.3. The summed E-state index contributed by atoms with van der Waals surface area (Å²) in [6.45, 7) is 0. The minimum Gasteiger partial charge on any atom is -0.426 e. The van der Waals surface area contributed by atoms with Crippen LogP contribution in [0.15, 0.2) is 66.7 Å². The zero-order chi connectivity index (χ0) is 14.7. The van der Waals surface area contributed by atoms with Crippen molar-refractivity contribution in [1.29, 1.82) is 0 Å². The maximum absolute atomic E-state index is 13.0. The molecule has 21 heavy (non-hydrogen) atoms. The molecule has 0 radical (unpaired) electrons. The summed E-state index contributed by atoms with van der Waals surface area (Å²) in [4.78, 5) is 11.9. The van der Waals surface area contributed by atoms with Gasteiger partial charge in [-0.25, -0.2) is 4.39 Å². The third kappa shape index (κ3) is 3.26. The van der Waals surface area contributed by atoms with Crippen LogP contribution in [0.25, 0.3) is 10.8 Å². The van der Waals surface area contributed by atoms with Crippen molar-refractivity contribution in [2.75, 3.05) is 0 Å². The highest BCUT2D eigenvalue weighted by Gasteiger charge is 2.07. The first kappa shape index (κ1) is 13.3. The molecule has 0 amide bonds. The third-order valence-corrected chi connectivity index (χ3v) is 3.19. The van der Waals surface area contributed by atoms with Gasteiger partial charge in [0.2, 0.25) is 0 Å². The summed E-state index contributed by atoms with van der Waals surface area (Å²) < 4.78 is 18.2. The first-order valence-electron chi connectivity index (χ1n) is 6.65. The summed E-state index contributed by atoms with van der Waals surface area (Å²) in [7, 11) is 0. The number of halogens is 1. The van der Waals surface area contributed by atoms with Crippen LogP contribution in [0.3, 0.4) is 0 Å². The fourth-order valence-electron chi connectivity index (χ4n) is 2.21. The second kappa shape index (κ2) is 5.75. The van der Waals surface area contributed by atoms with Crippen LogP contribution in [0, 0.1) is 5.82 Å². The summed E-state index contributed by atoms with van der Waals surface area (Å²) in [6.07, 6.45) is 0.154. The Kier molecular flexibility index (Phi) is 3.65. The summed E-state index contributed by atoms with van der Waals surface area (Å²) in [6, 6.07) is 19.3. The van der Waals surface area contributed by atoms with Gasteiger partial charge in [-0.1, -0.05) is 48.5 Å². The lowest BCUT2D eigenvalue weighted by molar-refractivity contribution is -0.133. The van der Waals surface area contributed by atoms with E-state index in [4.69, 9.17) is 4.74 Å². The van der Waals surface area contributed by atoms with E-state index in [1.165, 1.54) is 18.2 Å². The molecular formula is C18H13FO2. The smallest absolute Gasteiger partial charge is 0.315 e. The number of rotatable bonds is 3. The molecule has 3 rings (SSSR count). The number of benzene rings is 3. The fourth-order valence-corrected chi connectivity index (χ4v) is 2.21. The Balaban J connectivity index is 1.74. The molecule has 0 aliphatic heterocycles. The fraction of sp³-hybridized carbons (Fsp3) is 0.0556. The lowest BCUT2D eigenvalue weighted by Gasteiger charge is -2.05. The molecule has 0 N–H and O–H groups in total. The number of hydrogen-bond acceptors (Lipinski definition) is 2. The van der Waals surface area contributed by atoms with E-state index in [-0.39, 0.29) is 12.2 Å². The maximum Gasteiger partial charge on any atom is 0.315 e. The maximum atomic E-state index is 13.0. The highest BCUT2D eigenvalue weighted by molar-refractivity contribution is 5.84. The van der Waals surface area contributed by atoms with Crippen LogP contribution in [0.2, 0.25) is 0 Å². The summed E-state index contributed by atoms with van der Waals surface area (Å²) in [5.74, 6) is -0.609. The van der Waals surface area contributed by atoms with Gasteiger partial charge in [-0.2, -0.15) is 0 Å². The van der Waals surface area contributed by atoms with Gasteiger partial charge in [-0.05, 0) is 28.5 Å². The number of hydrogen-bond donors (Lipinski definition) is 0. The first-order valence-corrected chi connectivity index (χ1v) is 6.65. The normalized spacial score (nSPS) is 10.5. The topological polar surface area (TPSA) is 26.3 Å². The van der Waals surface area contributed by atoms with Crippen molar-refractivity contribution >= 4 is 16.7 Å². The largest absolute Gasteiger partial charge is 0.426 e. The standard InChI is InChI=1S/C18H13FO2/c19-16-6-3-7-17(12-16)21-18(20)11-13-8-9-14-4-1-2-5-15(14)10-13/h1-10,12H,11H2. The lowest BCUT2D eigenvalue weighted by Crippen LogP contribution is -2.11. The van der Waals surface area contributed by atoms with Crippen molar-refractivity contribution in [3.8, 4) is 5.75 Å². The van der Waals surface area contributed by atoms with Crippen molar-refractivity contribution < 1.29 is 13.9 Å². The van der Waals surface area contributed by atoms with Crippen LogP contribution < -0.4 is 4.74 Å². The predicted octanol–water partition coefficient (Wildman–Crippen LogP) is 4.13. The molecule has 3 aromatic carbocycles. The molecule has 0 saturated carbocycles. The van der Waals surface area contributed by atoms with Gasteiger partial charge in [-0.15, -0.1) is 0 Å². The molecular weight excluding hydrogens is 267 g/mol. The van der Waals surface area contributed by atoms with Gasteiger partial charge in [0.25, 0.3) is 0 Å². The average molecular weight is 280 g/mol. The second-order valence-corrected chi connectivity index (χ2v) is 4.79. The SMILES string of the molecule is O=C(Cc1ccc2ccccc2c1)Oc1cccc(F)c1. The van der Waals surface area contributed by atoms with E-state index in [2.05, 4.69) is 0 Å². The summed E-state index contributed by atoms with van der Waals surface area (Å²) in [5.41, 5.74) is 0.870. The highest BCUT2D eigenvalue weighted by atomic mass is 19.1. The molecule has 0 aliphatic carbocycles. The van der Waals surface area contributed by atoms with Crippen molar-refractivity contribution in [3.63, 3.8) is 0 Å².